The van der Waals surface area contributed by atoms with Crippen molar-refractivity contribution in [1.82, 2.24) is 9.88 Å². The van der Waals surface area contributed by atoms with Crippen molar-refractivity contribution in [3.8, 4) is 5.69 Å². The second-order valence-corrected chi connectivity index (χ2v) is 6.35. The highest BCUT2D eigenvalue weighted by atomic mass is 19.4. The van der Waals surface area contributed by atoms with Gasteiger partial charge in [0.25, 0.3) is 11.5 Å². The number of pyridine rings is 1. The molecule has 0 unspecified atom stereocenters. The van der Waals surface area contributed by atoms with E-state index in [4.69, 9.17) is 0 Å². The third-order valence-corrected chi connectivity index (χ3v) is 4.35. The lowest BCUT2D eigenvalue weighted by molar-refractivity contribution is -0.137. The van der Waals surface area contributed by atoms with Crippen molar-refractivity contribution in [3.05, 3.63) is 99.2 Å². The summed E-state index contributed by atoms with van der Waals surface area (Å²) in [6.45, 7) is 1.41. The maximum absolute atomic E-state index is 13.7. The number of hydrogen-bond acceptors (Lipinski definition) is 2. The standard InChI is InChI=1S/C21H16F4N2O2/c1-13-9-10-17(19(28)26-12-14-5-2-3-8-18(14)22)20(29)27(13)16-7-4-6-15(11-16)21(23,24)25/h2-11H,12H2,1H3,(H,26,28). The van der Waals surface area contributed by atoms with E-state index in [1.165, 1.54) is 42.5 Å². The summed E-state index contributed by atoms with van der Waals surface area (Å²) in [7, 11) is 0. The lowest BCUT2D eigenvalue weighted by atomic mass is 10.1. The first kappa shape index (κ1) is 20.3. The molecule has 0 saturated heterocycles. The smallest absolute Gasteiger partial charge is 0.348 e. The average Bonchev–Trinajstić information content (AvgIpc) is 2.67. The summed E-state index contributed by atoms with van der Waals surface area (Å²) >= 11 is 0. The SMILES string of the molecule is Cc1ccc(C(=O)NCc2ccccc2F)c(=O)n1-c1cccc(C(F)(F)F)c1. The molecule has 2 aromatic carbocycles. The highest BCUT2D eigenvalue weighted by Crippen LogP contribution is 2.30. The maximum atomic E-state index is 13.7. The summed E-state index contributed by atoms with van der Waals surface area (Å²) in [5.74, 6) is -1.25. The minimum atomic E-state index is -4.57. The Morgan fingerprint density at radius 2 is 1.76 bits per heavy atom. The molecule has 1 N–H and O–H groups in total. The third kappa shape index (κ3) is 4.37. The number of nitrogens with zero attached hydrogens (tertiary/aromatic N) is 1. The number of hydrogen-bond donors (Lipinski definition) is 1. The molecule has 4 nitrogen and oxygen atoms in total. The fourth-order valence-corrected chi connectivity index (χ4v) is 2.86. The molecule has 0 saturated carbocycles. The van der Waals surface area contributed by atoms with E-state index in [1.54, 1.807) is 13.0 Å². The van der Waals surface area contributed by atoms with Gasteiger partial charge in [-0.05, 0) is 43.3 Å². The molecule has 0 spiro atoms. The molecule has 1 aromatic heterocycles. The molecule has 0 bridgehead atoms. The Morgan fingerprint density at radius 1 is 1.03 bits per heavy atom. The number of rotatable bonds is 4. The topological polar surface area (TPSA) is 51.1 Å². The zero-order valence-corrected chi connectivity index (χ0v) is 15.3. The average molecular weight is 404 g/mol. The third-order valence-electron chi connectivity index (χ3n) is 4.35. The Labute approximate surface area is 163 Å². The van der Waals surface area contributed by atoms with Gasteiger partial charge in [0.15, 0.2) is 0 Å². The van der Waals surface area contributed by atoms with Gasteiger partial charge in [0, 0.05) is 23.5 Å². The van der Waals surface area contributed by atoms with Crippen LogP contribution in [0.3, 0.4) is 0 Å². The van der Waals surface area contributed by atoms with Crippen molar-refractivity contribution in [3.63, 3.8) is 0 Å². The van der Waals surface area contributed by atoms with Crippen molar-refractivity contribution in [2.75, 3.05) is 0 Å². The van der Waals surface area contributed by atoms with E-state index in [1.807, 2.05) is 0 Å². The van der Waals surface area contributed by atoms with Gasteiger partial charge in [-0.25, -0.2) is 4.39 Å². The van der Waals surface area contributed by atoms with Gasteiger partial charge in [-0.1, -0.05) is 24.3 Å². The molecular weight excluding hydrogens is 388 g/mol. The molecule has 150 valence electrons. The van der Waals surface area contributed by atoms with E-state index in [2.05, 4.69) is 5.32 Å². The second-order valence-electron chi connectivity index (χ2n) is 6.35. The summed E-state index contributed by atoms with van der Waals surface area (Å²) in [6.07, 6.45) is -4.57. The van der Waals surface area contributed by atoms with Crippen LogP contribution < -0.4 is 10.9 Å². The number of amides is 1. The quantitative estimate of drug-likeness (QED) is 0.662. The molecule has 1 heterocycles. The Kier molecular flexibility index (Phi) is 5.54. The van der Waals surface area contributed by atoms with Crippen LogP contribution in [0, 0.1) is 12.7 Å². The molecule has 0 aliphatic rings. The van der Waals surface area contributed by atoms with E-state index in [9.17, 15) is 27.2 Å². The monoisotopic (exact) mass is 404 g/mol. The molecule has 0 aliphatic carbocycles. The number of aryl methyl sites for hydroxylation is 1. The molecule has 0 fully saturated rings. The van der Waals surface area contributed by atoms with E-state index < -0.39 is 29.0 Å². The minimum absolute atomic E-state index is 0.00826. The van der Waals surface area contributed by atoms with Crippen LogP contribution in [0.25, 0.3) is 5.69 Å². The van der Waals surface area contributed by atoms with Crippen LogP contribution in [0.1, 0.15) is 27.2 Å². The first-order chi connectivity index (χ1) is 13.7. The van der Waals surface area contributed by atoms with Gasteiger partial charge >= 0.3 is 6.18 Å². The van der Waals surface area contributed by atoms with Gasteiger partial charge in [-0.3, -0.25) is 14.2 Å². The lowest BCUT2D eigenvalue weighted by Crippen LogP contribution is -2.33. The Morgan fingerprint density at radius 3 is 2.45 bits per heavy atom. The van der Waals surface area contributed by atoms with Crippen molar-refractivity contribution in [2.45, 2.75) is 19.6 Å². The predicted octanol–water partition coefficient (Wildman–Crippen LogP) is 4.23. The van der Waals surface area contributed by atoms with Crippen LogP contribution in [0.2, 0.25) is 0 Å². The van der Waals surface area contributed by atoms with E-state index in [0.29, 0.717) is 5.69 Å². The first-order valence-corrected chi connectivity index (χ1v) is 8.60. The van der Waals surface area contributed by atoms with Gasteiger partial charge in [0.05, 0.1) is 5.56 Å². The molecule has 1 amide bonds. The van der Waals surface area contributed by atoms with Crippen molar-refractivity contribution >= 4 is 5.91 Å². The second kappa shape index (κ2) is 7.90. The number of carbonyl (C=O) groups is 1. The van der Waals surface area contributed by atoms with Gasteiger partial charge < -0.3 is 5.32 Å². The summed E-state index contributed by atoms with van der Waals surface area (Å²) in [6, 6.07) is 12.9. The lowest BCUT2D eigenvalue weighted by Gasteiger charge is -2.14. The normalized spacial score (nSPS) is 11.3. The fourth-order valence-electron chi connectivity index (χ4n) is 2.86. The molecule has 29 heavy (non-hydrogen) atoms. The van der Waals surface area contributed by atoms with E-state index >= 15 is 0 Å². The highest BCUT2D eigenvalue weighted by Gasteiger charge is 2.30. The maximum Gasteiger partial charge on any atom is 0.416 e. The van der Waals surface area contributed by atoms with Crippen molar-refractivity contribution in [2.24, 2.45) is 0 Å². The van der Waals surface area contributed by atoms with Crippen LogP contribution in [-0.4, -0.2) is 10.5 Å². The molecule has 0 aliphatic heterocycles. The summed E-state index contributed by atoms with van der Waals surface area (Å²) in [5, 5.41) is 2.46. The van der Waals surface area contributed by atoms with Crippen molar-refractivity contribution < 1.29 is 22.4 Å². The number of aromatic nitrogens is 1. The fraction of sp³-hybridized carbons (Fsp3) is 0.143. The number of benzene rings is 2. The van der Waals surface area contributed by atoms with Gasteiger partial charge in [0.2, 0.25) is 0 Å². The van der Waals surface area contributed by atoms with Crippen LogP contribution in [0.5, 0.6) is 0 Å². The molecule has 0 radical (unpaired) electrons. The van der Waals surface area contributed by atoms with Gasteiger partial charge in [-0.15, -0.1) is 0 Å². The van der Waals surface area contributed by atoms with Gasteiger partial charge in [-0.2, -0.15) is 13.2 Å². The number of carbonyl (C=O) groups excluding carboxylic acids is 1. The molecule has 8 heteroatoms. The van der Waals surface area contributed by atoms with E-state index in [0.717, 1.165) is 16.7 Å². The van der Waals surface area contributed by atoms with Crippen LogP contribution >= 0.6 is 0 Å². The summed E-state index contributed by atoms with van der Waals surface area (Å²) in [5.41, 5.74) is -1.34. The predicted molar refractivity (Wildman–Crippen MR) is 99.3 cm³/mol. The molecule has 0 atom stereocenters. The van der Waals surface area contributed by atoms with Gasteiger partial charge in [0.1, 0.15) is 11.4 Å². The Bertz CT molecular complexity index is 1120. The van der Waals surface area contributed by atoms with Crippen LogP contribution in [0.15, 0.2) is 65.5 Å². The van der Waals surface area contributed by atoms with Crippen molar-refractivity contribution in [1.29, 1.82) is 0 Å². The number of alkyl halides is 3. The minimum Gasteiger partial charge on any atom is -0.348 e. The number of nitrogens with one attached hydrogen (secondary N) is 1. The highest BCUT2D eigenvalue weighted by molar-refractivity contribution is 5.93. The van der Waals surface area contributed by atoms with E-state index in [-0.39, 0.29) is 23.4 Å². The Hall–Kier alpha value is -3.42. The van der Waals surface area contributed by atoms with Crippen LogP contribution in [0.4, 0.5) is 17.6 Å². The molecule has 3 rings (SSSR count). The zero-order chi connectivity index (χ0) is 21.2. The van der Waals surface area contributed by atoms with Crippen LogP contribution in [-0.2, 0) is 12.7 Å². The first-order valence-electron chi connectivity index (χ1n) is 8.60. The summed E-state index contributed by atoms with van der Waals surface area (Å²) in [4.78, 5) is 25.3. The molecule has 3 aromatic rings. The largest absolute Gasteiger partial charge is 0.416 e. The summed E-state index contributed by atoms with van der Waals surface area (Å²) < 4.78 is 53.7. The zero-order valence-electron chi connectivity index (χ0n) is 15.3. The molecular formula is C21H16F4N2O2. The number of halogens is 4. The Balaban J connectivity index is 1.94.